The van der Waals surface area contributed by atoms with E-state index in [1.807, 2.05) is 5.06 Å². The molecule has 0 aromatic carbocycles. The highest BCUT2D eigenvalue weighted by Crippen LogP contribution is 2.40. The number of hydrogen-bond donors (Lipinski definition) is 1. The minimum Gasteiger partial charge on any atom is -0.353 e. The number of carbonyl (C=O) groups excluding carboxylic acids is 1. The number of rotatable bonds is 22. The van der Waals surface area contributed by atoms with Crippen molar-refractivity contribution in [3.8, 4) is 6.07 Å². The first-order chi connectivity index (χ1) is 19.3. The average Bonchev–Trinajstić information content (AvgIpc) is 2.90. The van der Waals surface area contributed by atoms with E-state index in [1.165, 1.54) is 101 Å². The number of quaternary nitrogens is 1. The number of nitrogens with zero attached hydrogens (tertiary/aromatic N) is 3. The van der Waals surface area contributed by atoms with Crippen LogP contribution in [0.3, 0.4) is 0 Å². The third-order valence-electron chi connectivity index (χ3n) is 9.59. The maximum atomic E-state index is 12.7. The zero-order valence-electron chi connectivity index (χ0n) is 28.9. The van der Waals surface area contributed by atoms with Gasteiger partial charge in [-0.1, -0.05) is 64.2 Å². The maximum absolute atomic E-state index is 12.7. The van der Waals surface area contributed by atoms with Crippen molar-refractivity contribution >= 4 is 5.91 Å². The van der Waals surface area contributed by atoms with Gasteiger partial charge in [-0.2, -0.15) is 10.3 Å². The number of hydrogen-bond acceptors (Lipinski definition) is 4. The molecule has 41 heavy (non-hydrogen) atoms. The molecule has 0 bridgehead atoms. The van der Waals surface area contributed by atoms with Crippen molar-refractivity contribution in [2.75, 3.05) is 26.2 Å². The predicted octanol–water partition coefficient (Wildman–Crippen LogP) is 8.70. The number of hydroxylamine groups is 2. The SMILES string of the molecule is CC[N+](CC)(CC)CCCCCCCCCCCCCCCC(=O)NC1CC(C)(C)N(OC(C)(C)C#N)C(C)(C)C1. The quantitative estimate of drug-likeness (QED) is 0.103. The number of nitriles is 1. The second kappa shape index (κ2) is 18.5. The van der Waals surface area contributed by atoms with Gasteiger partial charge in [-0.25, -0.2) is 0 Å². The van der Waals surface area contributed by atoms with Gasteiger partial charge in [0.15, 0.2) is 5.60 Å². The summed E-state index contributed by atoms with van der Waals surface area (Å²) in [7, 11) is 0. The van der Waals surface area contributed by atoms with Crippen LogP contribution < -0.4 is 5.32 Å². The molecule has 1 aliphatic rings. The molecule has 1 heterocycles. The molecule has 1 rings (SSSR count). The molecule has 6 nitrogen and oxygen atoms in total. The van der Waals surface area contributed by atoms with Gasteiger partial charge in [0.2, 0.25) is 5.91 Å². The van der Waals surface area contributed by atoms with Crippen LogP contribution >= 0.6 is 0 Å². The summed E-state index contributed by atoms with van der Waals surface area (Å²) in [4.78, 5) is 18.8. The van der Waals surface area contributed by atoms with Crippen LogP contribution in [0.15, 0.2) is 0 Å². The number of unbranched alkanes of at least 4 members (excludes halogenated alkanes) is 12. The van der Waals surface area contributed by atoms with Crippen molar-refractivity contribution < 1.29 is 14.1 Å². The lowest BCUT2D eigenvalue weighted by atomic mass is 9.78. The molecule has 1 fully saturated rings. The Morgan fingerprint density at radius 1 is 0.805 bits per heavy atom. The molecule has 0 saturated carbocycles. The molecule has 0 spiro atoms. The van der Waals surface area contributed by atoms with Gasteiger partial charge in [0.25, 0.3) is 0 Å². The van der Waals surface area contributed by atoms with Crippen LogP contribution in [0.1, 0.15) is 165 Å². The van der Waals surface area contributed by atoms with Crippen LogP contribution in [0.5, 0.6) is 0 Å². The molecule has 0 unspecified atom stereocenters. The average molecular weight is 578 g/mol. The molecule has 0 aromatic heterocycles. The molecule has 0 aliphatic carbocycles. The Morgan fingerprint density at radius 2 is 1.20 bits per heavy atom. The zero-order chi connectivity index (χ0) is 31.0. The standard InChI is InChI=1S/C35H68N4O2/c1-10-39(11-2,12-3)27-25-23-21-19-17-15-13-14-16-18-20-22-24-26-32(40)37-31-28-33(4,5)38(34(6,7)29-31)41-35(8,9)30-36/h31H,10-29H2,1-9H3/p+1. The van der Waals surface area contributed by atoms with Crippen molar-refractivity contribution in [2.45, 2.75) is 188 Å². The number of carbonyl (C=O) groups is 1. The normalized spacial score (nSPS) is 17.9. The second-order valence-electron chi connectivity index (χ2n) is 14.7. The largest absolute Gasteiger partial charge is 0.353 e. The monoisotopic (exact) mass is 578 g/mol. The molecule has 1 saturated heterocycles. The topological polar surface area (TPSA) is 65.4 Å². The van der Waals surface area contributed by atoms with Gasteiger partial charge in [-0.15, -0.1) is 0 Å². The van der Waals surface area contributed by atoms with Gasteiger partial charge in [0.1, 0.15) is 0 Å². The first kappa shape index (κ1) is 37.9. The first-order valence-corrected chi connectivity index (χ1v) is 17.3. The zero-order valence-corrected chi connectivity index (χ0v) is 28.9. The second-order valence-corrected chi connectivity index (χ2v) is 14.7. The van der Waals surface area contributed by atoms with Crippen LogP contribution in [-0.2, 0) is 9.63 Å². The summed E-state index contributed by atoms with van der Waals surface area (Å²) >= 11 is 0. The van der Waals surface area contributed by atoms with E-state index >= 15 is 0 Å². The Kier molecular flexibility index (Phi) is 17.1. The Bertz CT molecular complexity index is 740. The summed E-state index contributed by atoms with van der Waals surface area (Å²) in [5.74, 6) is 0.174. The fourth-order valence-corrected chi connectivity index (χ4v) is 6.98. The Balaban J connectivity index is 2.08. The van der Waals surface area contributed by atoms with Crippen LogP contribution in [0.4, 0.5) is 0 Å². The highest BCUT2D eigenvalue weighted by atomic mass is 16.7. The summed E-state index contributed by atoms with van der Waals surface area (Å²) in [6.45, 7) is 24.4. The number of nitrogens with one attached hydrogen (secondary N) is 1. The van der Waals surface area contributed by atoms with Crippen LogP contribution in [-0.4, -0.2) is 64.4 Å². The molecular formula is C35H69N4O2+. The Hall–Kier alpha value is -1.16. The minimum atomic E-state index is -0.880. The molecule has 0 atom stereocenters. The van der Waals surface area contributed by atoms with E-state index in [0.29, 0.717) is 6.42 Å². The molecule has 1 aliphatic heterocycles. The van der Waals surface area contributed by atoms with Gasteiger partial charge in [0, 0.05) is 23.5 Å². The fourth-order valence-electron chi connectivity index (χ4n) is 6.98. The fraction of sp³-hybridized carbons (Fsp3) is 0.943. The molecule has 1 N–H and O–H groups in total. The summed E-state index contributed by atoms with van der Waals surface area (Å²) in [6, 6.07) is 2.37. The first-order valence-electron chi connectivity index (χ1n) is 17.3. The van der Waals surface area contributed by atoms with Crippen LogP contribution in [0.2, 0.25) is 0 Å². The molecule has 6 heteroatoms. The summed E-state index contributed by atoms with van der Waals surface area (Å²) < 4.78 is 1.30. The molecular weight excluding hydrogens is 508 g/mol. The minimum absolute atomic E-state index is 0.124. The van der Waals surface area contributed by atoms with Crippen LogP contribution in [0, 0.1) is 11.3 Å². The van der Waals surface area contributed by atoms with Gasteiger partial charge in [-0.3, -0.25) is 9.63 Å². The van der Waals surface area contributed by atoms with E-state index in [9.17, 15) is 10.1 Å². The Labute approximate surface area is 255 Å². The highest BCUT2D eigenvalue weighted by molar-refractivity contribution is 5.76. The number of amides is 1. The lowest BCUT2D eigenvalue weighted by Crippen LogP contribution is -2.65. The van der Waals surface area contributed by atoms with Gasteiger partial charge >= 0.3 is 0 Å². The number of piperidine rings is 1. The van der Waals surface area contributed by atoms with Crippen LogP contribution in [0.25, 0.3) is 0 Å². The third kappa shape index (κ3) is 14.2. The van der Waals surface area contributed by atoms with E-state index in [1.54, 1.807) is 13.8 Å². The summed E-state index contributed by atoms with van der Waals surface area (Å²) in [5.41, 5.74) is -1.44. The van der Waals surface area contributed by atoms with E-state index in [4.69, 9.17) is 4.84 Å². The van der Waals surface area contributed by atoms with Gasteiger partial charge in [0.05, 0.1) is 32.2 Å². The lowest BCUT2D eigenvalue weighted by molar-refractivity contribution is -0.923. The summed E-state index contributed by atoms with van der Waals surface area (Å²) in [6.07, 6.45) is 19.4. The smallest absolute Gasteiger partial charge is 0.220 e. The van der Waals surface area contributed by atoms with E-state index < -0.39 is 5.60 Å². The molecule has 240 valence electrons. The Morgan fingerprint density at radius 3 is 1.59 bits per heavy atom. The van der Waals surface area contributed by atoms with Crippen molar-refractivity contribution in [3.63, 3.8) is 0 Å². The third-order valence-corrected chi connectivity index (χ3v) is 9.59. The van der Waals surface area contributed by atoms with Gasteiger partial charge < -0.3 is 9.80 Å². The van der Waals surface area contributed by atoms with E-state index in [0.717, 1.165) is 25.7 Å². The molecule has 0 aromatic rings. The molecule has 0 radical (unpaired) electrons. The maximum Gasteiger partial charge on any atom is 0.220 e. The van der Waals surface area contributed by atoms with E-state index in [-0.39, 0.29) is 23.0 Å². The summed E-state index contributed by atoms with van der Waals surface area (Å²) in [5, 5.41) is 14.7. The van der Waals surface area contributed by atoms with Crippen molar-refractivity contribution in [1.82, 2.24) is 10.4 Å². The van der Waals surface area contributed by atoms with Crippen molar-refractivity contribution in [3.05, 3.63) is 0 Å². The highest BCUT2D eigenvalue weighted by Gasteiger charge is 2.48. The molecule has 1 amide bonds. The van der Waals surface area contributed by atoms with E-state index in [2.05, 4.69) is 59.9 Å². The van der Waals surface area contributed by atoms with Crippen molar-refractivity contribution in [2.24, 2.45) is 0 Å². The predicted molar refractivity (Wildman–Crippen MR) is 173 cm³/mol. The lowest BCUT2D eigenvalue weighted by Gasteiger charge is -2.55. The van der Waals surface area contributed by atoms with Crippen molar-refractivity contribution in [1.29, 1.82) is 5.26 Å². The van der Waals surface area contributed by atoms with Gasteiger partial charge in [-0.05, 0) is 94.4 Å².